The van der Waals surface area contributed by atoms with Gasteiger partial charge in [0.2, 0.25) is 0 Å². The molecule has 0 saturated carbocycles. The summed E-state index contributed by atoms with van der Waals surface area (Å²) >= 11 is 0. The average molecular weight is 294 g/mol. The summed E-state index contributed by atoms with van der Waals surface area (Å²) in [7, 11) is 0. The van der Waals surface area contributed by atoms with Crippen molar-refractivity contribution in [2.24, 2.45) is 0 Å². The van der Waals surface area contributed by atoms with Crippen LogP contribution in [0.4, 0.5) is 0 Å². The number of carbonyl (C=O) groups excluding carboxylic acids is 1. The third kappa shape index (κ3) is 3.03. The van der Waals surface area contributed by atoms with Crippen LogP contribution >= 0.6 is 0 Å². The Bertz CT molecular complexity index is 699. The number of hydrogen-bond donors (Lipinski definition) is 0. The molecule has 0 unspecified atom stereocenters. The number of fused-ring (bicyclic) bond motifs is 1. The van der Waals surface area contributed by atoms with Crippen LogP contribution in [0.1, 0.15) is 29.3 Å². The Balaban J connectivity index is 1.80. The molecular formula is C19H18O3. The molecule has 0 fully saturated rings. The molecule has 22 heavy (non-hydrogen) atoms. The van der Waals surface area contributed by atoms with E-state index in [-0.39, 0.29) is 5.78 Å². The Kier molecular flexibility index (Phi) is 4.24. The number of hydrogen-bond acceptors (Lipinski definition) is 3. The molecule has 0 aromatic heterocycles. The first kappa shape index (κ1) is 14.4. The van der Waals surface area contributed by atoms with Gasteiger partial charge in [-0.25, -0.2) is 0 Å². The Morgan fingerprint density at radius 2 is 1.91 bits per heavy atom. The molecule has 1 aliphatic heterocycles. The molecule has 1 aliphatic rings. The third-order valence-corrected chi connectivity index (χ3v) is 3.50. The van der Waals surface area contributed by atoms with Crippen molar-refractivity contribution in [3.63, 3.8) is 0 Å². The molecule has 0 amide bonds. The van der Waals surface area contributed by atoms with Crippen molar-refractivity contribution in [2.45, 2.75) is 13.3 Å². The Labute approximate surface area is 130 Å². The van der Waals surface area contributed by atoms with Crippen LogP contribution in [0, 0.1) is 0 Å². The first-order chi connectivity index (χ1) is 10.8. The first-order valence-electron chi connectivity index (χ1n) is 7.48. The summed E-state index contributed by atoms with van der Waals surface area (Å²) < 4.78 is 11.2. The van der Waals surface area contributed by atoms with Gasteiger partial charge in [-0.2, -0.15) is 0 Å². The van der Waals surface area contributed by atoms with Crippen molar-refractivity contribution in [3.05, 3.63) is 65.2 Å². The van der Waals surface area contributed by atoms with Crippen LogP contribution in [0.5, 0.6) is 11.5 Å². The lowest BCUT2D eigenvalue weighted by molar-refractivity contribution is 0.100. The number of ketones is 1. The van der Waals surface area contributed by atoms with E-state index in [0.717, 1.165) is 17.7 Å². The van der Waals surface area contributed by atoms with Gasteiger partial charge in [0.25, 0.3) is 0 Å². The molecule has 3 nitrogen and oxygen atoms in total. The second kappa shape index (κ2) is 6.48. The van der Waals surface area contributed by atoms with E-state index in [1.54, 1.807) is 6.07 Å². The highest BCUT2D eigenvalue weighted by Gasteiger charge is 2.22. The summed E-state index contributed by atoms with van der Waals surface area (Å²) in [5.74, 6) is 1.54. The zero-order valence-corrected chi connectivity index (χ0v) is 12.5. The van der Waals surface area contributed by atoms with Gasteiger partial charge in [-0.05, 0) is 42.3 Å². The zero-order valence-electron chi connectivity index (χ0n) is 12.5. The summed E-state index contributed by atoms with van der Waals surface area (Å²) in [5, 5.41) is 0. The standard InChI is InChI=1S/C19H18O3/c1-2-11-21-16-9-7-14(8-10-16)12-15-13-22-18-6-4-3-5-17(18)19(15)20/h3-10,12H,2,11,13H2,1H3. The largest absolute Gasteiger partial charge is 0.494 e. The van der Waals surface area contributed by atoms with Crippen molar-refractivity contribution < 1.29 is 14.3 Å². The maximum absolute atomic E-state index is 12.5. The minimum Gasteiger partial charge on any atom is -0.494 e. The quantitative estimate of drug-likeness (QED) is 0.795. The molecule has 1 heterocycles. The Morgan fingerprint density at radius 1 is 1.14 bits per heavy atom. The molecule has 2 aromatic carbocycles. The van der Waals surface area contributed by atoms with Crippen LogP contribution in [-0.4, -0.2) is 19.0 Å². The van der Waals surface area contributed by atoms with Crippen molar-refractivity contribution in [3.8, 4) is 11.5 Å². The monoisotopic (exact) mass is 294 g/mol. The molecule has 0 radical (unpaired) electrons. The fourth-order valence-corrected chi connectivity index (χ4v) is 2.36. The molecule has 3 heteroatoms. The summed E-state index contributed by atoms with van der Waals surface area (Å²) in [4.78, 5) is 12.5. The lowest BCUT2D eigenvalue weighted by atomic mass is 9.98. The second-order valence-corrected chi connectivity index (χ2v) is 5.20. The molecule has 0 saturated heterocycles. The van der Waals surface area contributed by atoms with Gasteiger partial charge in [0.05, 0.1) is 12.2 Å². The SMILES string of the molecule is CCCOc1ccc(C=C2COc3ccccc3C2=O)cc1. The van der Waals surface area contributed by atoms with Crippen LogP contribution in [0.25, 0.3) is 6.08 Å². The normalized spacial score (nSPS) is 15.3. The van der Waals surface area contributed by atoms with Gasteiger partial charge in [-0.15, -0.1) is 0 Å². The average Bonchev–Trinajstić information content (AvgIpc) is 2.57. The molecule has 0 bridgehead atoms. The Morgan fingerprint density at radius 3 is 2.68 bits per heavy atom. The fraction of sp³-hybridized carbons (Fsp3) is 0.211. The number of carbonyl (C=O) groups is 1. The van der Waals surface area contributed by atoms with Crippen LogP contribution in [0.3, 0.4) is 0 Å². The maximum Gasteiger partial charge on any atom is 0.196 e. The highest BCUT2D eigenvalue weighted by molar-refractivity contribution is 6.14. The van der Waals surface area contributed by atoms with E-state index in [1.165, 1.54) is 0 Å². The number of rotatable bonds is 4. The molecule has 112 valence electrons. The van der Waals surface area contributed by atoms with Gasteiger partial charge >= 0.3 is 0 Å². The van der Waals surface area contributed by atoms with Crippen LogP contribution < -0.4 is 9.47 Å². The van der Waals surface area contributed by atoms with Gasteiger partial charge in [-0.3, -0.25) is 4.79 Å². The lowest BCUT2D eigenvalue weighted by Gasteiger charge is -2.18. The smallest absolute Gasteiger partial charge is 0.196 e. The molecule has 2 aromatic rings. The first-order valence-corrected chi connectivity index (χ1v) is 7.48. The number of para-hydroxylation sites is 1. The van der Waals surface area contributed by atoms with Gasteiger partial charge < -0.3 is 9.47 Å². The van der Waals surface area contributed by atoms with E-state index >= 15 is 0 Å². The van der Waals surface area contributed by atoms with E-state index in [0.29, 0.717) is 30.1 Å². The lowest BCUT2D eigenvalue weighted by Crippen LogP contribution is -2.18. The molecule has 0 atom stereocenters. The van der Waals surface area contributed by atoms with Gasteiger partial charge in [0.1, 0.15) is 18.1 Å². The van der Waals surface area contributed by atoms with Gasteiger partial charge in [0.15, 0.2) is 5.78 Å². The van der Waals surface area contributed by atoms with Crippen LogP contribution in [0.15, 0.2) is 54.1 Å². The Hall–Kier alpha value is -2.55. The molecular weight excluding hydrogens is 276 g/mol. The minimum absolute atomic E-state index is 0.0353. The van der Waals surface area contributed by atoms with E-state index < -0.39 is 0 Å². The van der Waals surface area contributed by atoms with Crippen molar-refractivity contribution in [2.75, 3.05) is 13.2 Å². The predicted octanol–water partition coefficient (Wildman–Crippen LogP) is 4.13. The van der Waals surface area contributed by atoms with Crippen molar-refractivity contribution in [1.82, 2.24) is 0 Å². The number of ether oxygens (including phenoxy) is 2. The summed E-state index contributed by atoms with van der Waals surface area (Å²) in [6, 6.07) is 15.1. The van der Waals surface area contributed by atoms with E-state index in [9.17, 15) is 4.79 Å². The molecule has 0 aliphatic carbocycles. The zero-order chi connectivity index (χ0) is 15.4. The van der Waals surface area contributed by atoms with E-state index in [4.69, 9.17) is 9.47 Å². The van der Waals surface area contributed by atoms with Gasteiger partial charge in [-0.1, -0.05) is 31.2 Å². The molecule has 3 rings (SSSR count). The van der Waals surface area contributed by atoms with Gasteiger partial charge in [0, 0.05) is 5.57 Å². The summed E-state index contributed by atoms with van der Waals surface area (Å²) in [6.07, 6.45) is 2.86. The predicted molar refractivity (Wildman–Crippen MR) is 86.5 cm³/mol. The van der Waals surface area contributed by atoms with E-state index in [1.807, 2.05) is 48.5 Å². The van der Waals surface area contributed by atoms with E-state index in [2.05, 4.69) is 6.92 Å². The number of benzene rings is 2. The third-order valence-electron chi connectivity index (χ3n) is 3.50. The van der Waals surface area contributed by atoms with Crippen molar-refractivity contribution >= 4 is 11.9 Å². The topological polar surface area (TPSA) is 35.5 Å². The summed E-state index contributed by atoms with van der Waals surface area (Å²) in [5.41, 5.74) is 2.26. The minimum atomic E-state index is 0.0353. The van der Waals surface area contributed by atoms with Crippen LogP contribution in [-0.2, 0) is 0 Å². The number of Topliss-reactive ketones (excluding diaryl/α,β-unsaturated/α-hetero) is 1. The molecule has 0 N–H and O–H groups in total. The summed E-state index contributed by atoms with van der Waals surface area (Å²) in [6.45, 7) is 3.10. The highest BCUT2D eigenvalue weighted by Crippen LogP contribution is 2.27. The maximum atomic E-state index is 12.5. The molecule has 0 spiro atoms. The van der Waals surface area contributed by atoms with Crippen molar-refractivity contribution in [1.29, 1.82) is 0 Å². The highest BCUT2D eigenvalue weighted by atomic mass is 16.5. The van der Waals surface area contributed by atoms with Crippen LogP contribution in [0.2, 0.25) is 0 Å². The fourth-order valence-electron chi connectivity index (χ4n) is 2.36. The second-order valence-electron chi connectivity index (χ2n) is 5.20.